The summed E-state index contributed by atoms with van der Waals surface area (Å²) in [5.41, 5.74) is 0.831. The summed E-state index contributed by atoms with van der Waals surface area (Å²) in [6.07, 6.45) is 4.63. The number of para-hydroxylation sites is 1. The molecule has 1 aromatic rings. The van der Waals surface area contributed by atoms with Crippen LogP contribution in [0, 0.1) is 5.92 Å². The number of rotatable bonds is 7. The van der Waals surface area contributed by atoms with Crippen molar-refractivity contribution in [3.8, 4) is 0 Å². The number of carbonyl (C=O) groups is 2. The molecular formula is C20H32Cl2N4O2. The Hall–Kier alpha value is -1.34. The van der Waals surface area contributed by atoms with E-state index in [0.717, 1.165) is 51.1 Å². The number of anilines is 1. The molecule has 2 fully saturated rings. The number of amides is 2. The Morgan fingerprint density at radius 1 is 1.04 bits per heavy atom. The number of nitrogens with zero attached hydrogens (tertiary/aromatic N) is 1. The number of likely N-dealkylation sites (tertiary alicyclic amines) is 1. The summed E-state index contributed by atoms with van der Waals surface area (Å²) in [5.74, 6) is 0.853. The van der Waals surface area contributed by atoms with Crippen molar-refractivity contribution in [2.75, 3.05) is 38.0 Å². The van der Waals surface area contributed by atoms with Crippen LogP contribution in [-0.2, 0) is 9.59 Å². The maximum atomic E-state index is 12.1. The lowest BCUT2D eigenvalue weighted by molar-refractivity contribution is -0.123. The molecule has 2 saturated heterocycles. The van der Waals surface area contributed by atoms with Crippen LogP contribution in [0.3, 0.4) is 0 Å². The van der Waals surface area contributed by atoms with Crippen LogP contribution in [0.15, 0.2) is 30.3 Å². The van der Waals surface area contributed by atoms with Crippen LogP contribution in [0.1, 0.15) is 32.1 Å². The standard InChI is InChI=1S/C20H30N4O2.2ClH/c25-19(7-6-16-8-11-21-14-16)22-18-9-12-24(13-10-18)15-20(26)23-17-4-2-1-3-5-17;;/h1-5,16,18,21H,6-15H2,(H,22,25)(H,23,26);2*1H. The van der Waals surface area contributed by atoms with Gasteiger partial charge in [-0.25, -0.2) is 0 Å². The molecule has 1 unspecified atom stereocenters. The largest absolute Gasteiger partial charge is 0.353 e. The van der Waals surface area contributed by atoms with Crippen LogP contribution in [0.2, 0.25) is 0 Å². The molecule has 0 aliphatic carbocycles. The molecule has 2 heterocycles. The van der Waals surface area contributed by atoms with Gasteiger partial charge in [-0.1, -0.05) is 18.2 Å². The smallest absolute Gasteiger partial charge is 0.238 e. The van der Waals surface area contributed by atoms with E-state index in [9.17, 15) is 9.59 Å². The minimum atomic E-state index is 0. The Labute approximate surface area is 180 Å². The second kappa shape index (κ2) is 13.0. The summed E-state index contributed by atoms with van der Waals surface area (Å²) in [4.78, 5) is 26.4. The zero-order chi connectivity index (χ0) is 18.2. The molecule has 1 aromatic carbocycles. The van der Waals surface area contributed by atoms with Crippen molar-refractivity contribution in [2.45, 2.75) is 38.1 Å². The van der Waals surface area contributed by atoms with Crippen molar-refractivity contribution in [1.29, 1.82) is 0 Å². The first-order chi connectivity index (χ1) is 12.7. The van der Waals surface area contributed by atoms with Crippen molar-refractivity contribution < 1.29 is 9.59 Å². The highest BCUT2D eigenvalue weighted by Gasteiger charge is 2.23. The maximum Gasteiger partial charge on any atom is 0.238 e. The first-order valence-corrected chi connectivity index (χ1v) is 9.76. The molecule has 1 atom stereocenters. The summed E-state index contributed by atoms with van der Waals surface area (Å²) in [7, 11) is 0. The molecule has 158 valence electrons. The van der Waals surface area contributed by atoms with Crippen LogP contribution >= 0.6 is 24.8 Å². The molecule has 0 bridgehead atoms. The third-order valence-electron chi connectivity index (χ3n) is 5.32. The summed E-state index contributed by atoms with van der Waals surface area (Å²) in [6.45, 7) is 4.24. The van der Waals surface area contributed by atoms with Crippen molar-refractivity contribution in [3.63, 3.8) is 0 Å². The molecule has 2 aliphatic rings. The number of piperidine rings is 1. The monoisotopic (exact) mass is 430 g/mol. The third-order valence-corrected chi connectivity index (χ3v) is 5.32. The molecule has 6 nitrogen and oxygen atoms in total. The van der Waals surface area contributed by atoms with E-state index in [-0.39, 0.29) is 42.7 Å². The Morgan fingerprint density at radius 2 is 1.75 bits per heavy atom. The van der Waals surface area contributed by atoms with Crippen LogP contribution < -0.4 is 16.0 Å². The Balaban J connectivity index is 0.00000196. The molecule has 2 amide bonds. The minimum absolute atomic E-state index is 0. The van der Waals surface area contributed by atoms with E-state index in [0.29, 0.717) is 18.9 Å². The van der Waals surface area contributed by atoms with Gasteiger partial charge >= 0.3 is 0 Å². The van der Waals surface area contributed by atoms with E-state index in [4.69, 9.17) is 0 Å². The van der Waals surface area contributed by atoms with E-state index in [1.807, 2.05) is 30.3 Å². The van der Waals surface area contributed by atoms with E-state index < -0.39 is 0 Å². The van der Waals surface area contributed by atoms with Gasteiger partial charge in [0.1, 0.15) is 0 Å². The average Bonchev–Trinajstić information content (AvgIpc) is 3.16. The summed E-state index contributed by atoms with van der Waals surface area (Å²) in [5, 5.41) is 9.43. The van der Waals surface area contributed by atoms with E-state index in [1.54, 1.807) is 0 Å². The molecular weight excluding hydrogens is 399 g/mol. The molecule has 3 N–H and O–H groups in total. The van der Waals surface area contributed by atoms with Gasteiger partial charge in [0.15, 0.2) is 0 Å². The lowest BCUT2D eigenvalue weighted by atomic mass is 10.0. The van der Waals surface area contributed by atoms with Gasteiger partial charge in [-0.3, -0.25) is 14.5 Å². The maximum absolute atomic E-state index is 12.1. The summed E-state index contributed by atoms with van der Waals surface area (Å²) >= 11 is 0. The van der Waals surface area contributed by atoms with Crippen molar-refractivity contribution in [3.05, 3.63) is 30.3 Å². The lowest BCUT2D eigenvalue weighted by Crippen LogP contribution is -2.46. The molecule has 28 heavy (non-hydrogen) atoms. The molecule has 0 saturated carbocycles. The number of carbonyl (C=O) groups excluding carboxylic acids is 2. The van der Waals surface area contributed by atoms with Gasteiger partial charge in [-0.15, -0.1) is 24.8 Å². The first-order valence-electron chi connectivity index (χ1n) is 9.76. The molecule has 3 rings (SSSR count). The van der Waals surface area contributed by atoms with Gasteiger partial charge in [-0.2, -0.15) is 0 Å². The number of hydrogen-bond donors (Lipinski definition) is 3. The zero-order valence-corrected chi connectivity index (χ0v) is 17.8. The Kier molecular flexibility index (Phi) is 11.5. The highest BCUT2D eigenvalue weighted by Crippen LogP contribution is 2.15. The third kappa shape index (κ3) is 8.35. The molecule has 8 heteroatoms. The fraction of sp³-hybridized carbons (Fsp3) is 0.600. The lowest BCUT2D eigenvalue weighted by Gasteiger charge is -2.32. The highest BCUT2D eigenvalue weighted by molar-refractivity contribution is 5.92. The first kappa shape index (κ1) is 24.7. The molecule has 0 aromatic heterocycles. The predicted molar refractivity (Wildman–Crippen MR) is 117 cm³/mol. The van der Waals surface area contributed by atoms with Crippen molar-refractivity contribution >= 4 is 42.3 Å². The van der Waals surface area contributed by atoms with Gasteiger partial charge in [-0.05, 0) is 56.8 Å². The number of nitrogens with one attached hydrogen (secondary N) is 3. The average molecular weight is 431 g/mol. The van der Waals surface area contributed by atoms with Crippen molar-refractivity contribution in [1.82, 2.24) is 15.5 Å². The number of halogens is 2. The van der Waals surface area contributed by atoms with Gasteiger partial charge in [0.05, 0.1) is 6.54 Å². The summed E-state index contributed by atoms with van der Waals surface area (Å²) in [6, 6.07) is 9.78. The Morgan fingerprint density at radius 3 is 2.39 bits per heavy atom. The normalized spacial score (nSPS) is 19.9. The second-order valence-corrected chi connectivity index (χ2v) is 7.43. The van der Waals surface area contributed by atoms with Gasteiger partial charge in [0.25, 0.3) is 0 Å². The van der Waals surface area contributed by atoms with E-state index in [1.165, 1.54) is 6.42 Å². The second-order valence-electron chi connectivity index (χ2n) is 7.43. The molecule has 0 radical (unpaired) electrons. The van der Waals surface area contributed by atoms with Crippen LogP contribution in [0.4, 0.5) is 5.69 Å². The molecule has 0 spiro atoms. The van der Waals surface area contributed by atoms with Gasteiger partial charge < -0.3 is 16.0 Å². The van der Waals surface area contributed by atoms with Crippen molar-refractivity contribution in [2.24, 2.45) is 5.92 Å². The van der Waals surface area contributed by atoms with Gasteiger partial charge in [0, 0.05) is 31.2 Å². The topological polar surface area (TPSA) is 73.5 Å². The fourth-order valence-corrected chi connectivity index (χ4v) is 3.76. The van der Waals surface area contributed by atoms with E-state index in [2.05, 4.69) is 20.9 Å². The quantitative estimate of drug-likeness (QED) is 0.620. The number of hydrogen-bond acceptors (Lipinski definition) is 4. The molecule has 2 aliphatic heterocycles. The Bertz CT molecular complexity index is 589. The van der Waals surface area contributed by atoms with Crippen LogP contribution in [-0.4, -0.2) is 55.5 Å². The van der Waals surface area contributed by atoms with Crippen LogP contribution in [0.25, 0.3) is 0 Å². The number of benzene rings is 1. The van der Waals surface area contributed by atoms with Crippen LogP contribution in [0.5, 0.6) is 0 Å². The van der Waals surface area contributed by atoms with Gasteiger partial charge in [0.2, 0.25) is 11.8 Å². The fourth-order valence-electron chi connectivity index (χ4n) is 3.76. The predicted octanol–water partition coefficient (Wildman–Crippen LogP) is 2.44. The highest BCUT2D eigenvalue weighted by atomic mass is 35.5. The SMILES string of the molecule is Cl.Cl.O=C(CN1CCC(NC(=O)CCC2CCNC2)CC1)Nc1ccccc1. The minimum Gasteiger partial charge on any atom is -0.353 e. The van der Waals surface area contributed by atoms with E-state index >= 15 is 0 Å². The zero-order valence-electron chi connectivity index (χ0n) is 16.2. The summed E-state index contributed by atoms with van der Waals surface area (Å²) < 4.78 is 0.